The fraction of sp³-hybridized carbons (Fsp3) is 0.200. The Morgan fingerprint density at radius 2 is 2.04 bits per heavy atom. The summed E-state index contributed by atoms with van der Waals surface area (Å²) in [5, 5.41) is 10.5. The molecular formula is C15H16N4O5. The molecule has 2 rings (SSSR count). The van der Waals surface area contributed by atoms with E-state index in [4.69, 9.17) is 4.74 Å². The van der Waals surface area contributed by atoms with Gasteiger partial charge in [-0.05, 0) is 31.0 Å². The van der Waals surface area contributed by atoms with Crippen molar-refractivity contribution < 1.29 is 19.2 Å². The Bertz CT molecular complexity index is 784. The highest BCUT2D eigenvalue weighted by Gasteiger charge is 2.15. The highest BCUT2D eigenvalue weighted by molar-refractivity contribution is 5.94. The minimum Gasteiger partial charge on any atom is -0.483 e. The first-order valence-corrected chi connectivity index (χ1v) is 6.99. The van der Waals surface area contributed by atoms with E-state index < -0.39 is 16.7 Å². The van der Waals surface area contributed by atoms with Gasteiger partial charge in [-0.1, -0.05) is 12.1 Å². The average molecular weight is 332 g/mol. The number of nitro groups is 1. The molecule has 0 saturated carbocycles. The van der Waals surface area contributed by atoms with Crippen LogP contribution in [0.5, 0.6) is 5.75 Å². The summed E-state index contributed by atoms with van der Waals surface area (Å²) in [7, 11) is 0. The minimum atomic E-state index is -0.705. The van der Waals surface area contributed by atoms with Gasteiger partial charge in [0.25, 0.3) is 17.5 Å². The fourth-order valence-electron chi connectivity index (χ4n) is 1.87. The molecule has 3 N–H and O–H groups in total. The second kappa shape index (κ2) is 7.27. The first-order chi connectivity index (χ1) is 11.4. The predicted octanol–water partition coefficient (Wildman–Crippen LogP) is 1.38. The number of aromatic amines is 1. The van der Waals surface area contributed by atoms with Crippen LogP contribution in [-0.4, -0.2) is 28.3 Å². The molecule has 0 aliphatic rings. The molecule has 0 spiro atoms. The molecule has 1 heterocycles. The largest absolute Gasteiger partial charge is 0.483 e. The number of carbonyl (C=O) groups is 2. The third-order valence-corrected chi connectivity index (χ3v) is 3.35. The van der Waals surface area contributed by atoms with Crippen molar-refractivity contribution in [1.82, 2.24) is 15.8 Å². The topological polar surface area (TPSA) is 126 Å². The lowest BCUT2D eigenvalue weighted by atomic mass is 10.1. The maximum Gasteiger partial charge on any atom is 0.287 e. The summed E-state index contributed by atoms with van der Waals surface area (Å²) in [6, 6.07) is 6.55. The van der Waals surface area contributed by atoms with E-state index in [0.29, 0.717) is 5.75 Å². The summed E-state index contributed by atoms with van der Waals surface area (Å²) in [4.78, 5) is 35.8. The SMILES string of the molecule is Cc1cccc(OCC(=O)NNC(=O)c2cc([N+](=O)[O-])c[nH]2)c1C. The second-order valence-electron chi connectivity index (χ2n) is 5.02. The number of aromatic nitrogens is 1. The van der Waals surface area contributed by atoms with Gasteiger partial charge in [-0.3, -0.25) is 30.6 Å². The van der Waals surface area contributed by atoms with Gasteiger partial charge in [0.05, 0.1) is 11.1 Å². The smallest absolute Gasteiger partial charge is 0.287 e. The van der Waals surface area contributed by atoms with Gasteiger partial charge >= 0.3 is 0 Å². The molecule has 24 heavy (non-hydrogen) atoms. The number of aryl methyl sites for hydroxylation is 1. The van der Waals surface area contributed by atoms with Crippen molar-refractivity contribution in [3.8, 4) is 5.75 Å². The lowest BCUT2D eigenvalue weighted by Crippen LogP contribution is -2.44. The molecule has 0 unspecified atom stereocenters. The number of hydrogen-bond acceptors (Lipinski definition) is 5. The molecule has 0 radical (unpaired) electrons. The third-order valence-electron chi connectivity index (χ3n) is 3.35. The number of benzene rings is 1. The molecule has 2 aromatic rings. The Morgan fingerprint density at radius 3 is 2.71 bits per heavy atom. The van der Waals surface area contributed by atoms with Gasteiger partial charge in [-0.2, -0.15) is 0 Å². The van der Waals surface area contributed by atoms with E-state index in [1.54, 1.807) is 6.07 Å². The van der Waals surface area contributed by atoms with Crippen LogP contribution in [-0.2, 0) is 4.79 Å². The van der Waals surface area contributed by atoms with E-state index in [1.807, 2.05) is 26.0 Å². The number of nitrogens with one attached hydrogen (secondary N) is 3. The van der Waals surface area contributed by atoms with Gasteiger partial charge in [0, 0.05) is 6.07 Å². The number of nitrogens with zero attached hydrogens (tertiary/aromatic N) is 1. The lowest BCUT2D eigenvalue weighted by Gasteiger charge is -2.11. The summed E-state index contributed by atoms with van der Waals surface area (Å²) in [5.41, 5.74) is 5.98. The standard InChI is InChI=1S/C15H16N4O5/c1-9-4-3-5-13(10(9)2)24-8-14(20)17-18-15(21)12-6-11(7-16-12)19(22)23/h3-7,16H,8H2,1-2H3,(H,17,20)(H,18,21). The monoisotopic (exact) mass is 332 g/mol. The molecule has 2 amide bonds. The summed E-state index contributed by atoms with van der Waals surface area (Å²) in [6.45, 7) is 3.52. The molecule has 9 nitrogen and oxygen atoms in total. The molecule has 0 aliphatic heterocycles. The number of amides is 2. The summed E-state index contributed by atoms with van der Waals surface area (Å²) in [6.07, 6.45) is 1.08. The zero-order chi connectivity index (χ0) is 17.7. The first kappa shape index (κ1) is 17.0. The minimum absolute atomic E-state index is 0.0440. The number of rotatable bonds is 5. The third kappa shape index (κ3) is 4.09. The maximum atomic E-state index is 11.7. The van der Waals surface area contributed by atoms with E-state index in [9.17, 15) is 19.7 Å². The number of hydrogen-bond donors (Lipinski definition) is 3. The van der Waals surface area contributed by atoms with Crippen molar-refractivity contribution in [2.75, 3.05) is 6.61 Å². The molecule has 1 aromatic carbocycles. The number of H-pyrrole nitrogens is 1. The predicted molar refractivity (Wildman–Crippen MR) is 84.5 cm³/mol. The van der Waals surface area contributed by atoms with Crippen molar-refractivity contribution >= 4 is 17.5 Å². The zero-order valence-electron chi connectivity index (χ0n) is 13.1. The number of ether oxygens (including phenoxy) is 1. The maximum absolute atomic E-state index is 11.7. The van der Waals surface area contributed by atoms with Crippen LogP contribution in [0.2, 0.25) is 0 Å². The molecular weight excluding hydrogens is 316 g/mol. The first-order valence-electron chi connectivity index (χ1n) is 6.99. The van der Waals surface area contributed by atoms with Crippen LogP contribution in [0, 0.1) is 24.0 Å². The van der Waals surface area contributed by atoms with Crippen LogP contribution in [0.1, 0.15) is 21.6 Å². The van der Waals surface area contributed by atoms with Gasteiger partial charge in [0.2, 0.25) is 0 Å². The van der Waals surface area contributed by atoms with E-state index in [0.717, 1.165) is 23.4 Å². The van der Waals surface area contributed by atoms with Crippen molar-refractivity contribution in [2.24, 2.45) is 0 Å². The Kier molecular flexibility index (Phi) is 5.15. The molecule has 0 saturated heterocycles. The van der Waals surface area contributed by atoms with Crippen LogP contribution in [0.3, 0.4) is 0 Å². The molecule has 9 heteroatoms. The number of carbonyl (C=O) groups excluding carboxylic acids is 2. The quantitative estimate of drug-likeness (QED) is 0.563. The van der Waals surface area contributed by atoms with Gasteiger partial charge in [-0.15, -0.1) is 0 Å². The van der Waals surface area contributed by atoms with Crippen molar-refractivity contribution in [3.05, 3.63) is 57.4 Å². The highest BCUT2D eigenvalue weighted by Crippen LogP contribution is 2.20. The van der Waals surface area contributed by atoms with E-state index in [-0.39, 0.29) is 18.0 Å². The van der Waals surface area contributed by atoms with Gasteiger partial charge in [0.15, 0.2) is 6.61 Å². The van der Waals surface area contributed by atoms with E-state index >= 15 is 0 Å². The van der Waals surface area contributed by atoms with Crippen LogP contribution in [0.15, 0.2) is 30.5 Å². The van der Waals surface area contributed by atoms with Crippen molar-refractivity contribution in [3.63, 3.8) is 0 Å². The normalized spacial score (nSPS) is 10.1. The van der Waals surface area contributed by atoms with E-state index in [2.05, 4.69) is 15.8 Å². The zero-order valence-corrected chi connectivity index (χ0v) is 13.1. The van der Waals surface area contributed by atoms with Gasteiger partial charge in [0.1, 0.15) is 11.4 Å². The fourth-order valence-corrected chi connectivity index (χ4v) is 1.87. The van der Waals surface area contributed by atoms with Crippen LogP contribution < -0.4 is 15.6 Å². The summed E-state index contributed by atoms with van der Waals surface area (Å²) in [5.74, 6) is -0.690. The molecule has 0 atom stereocenters. The number of hydrazine groups is 1. The van der Waals surface area contributed by atoms with Gasteiger partial charge in [-0.25, -0.2) is 0 Å². The summed E-state index contributed by atoms with van der Waals surface area (Å²) >= 11 is 0. The highest BCUT2D eigenvalue weighted by atomic mass is 16.6. The molecule has 0 fully saturated rings. The van der Waals surface area contributed by atoms with Crippen LogP contribution in [0.4, 0.5) is 5.69 Å². The van der Waals surface area contributed by atoms with Gasteiger partial charge < -0.3 is 9.72 Å². The Morgan fingerprint density at radius 1 is 1.29 bits per heavy atom. The lowest BCUT2D eigenvalue weighted by molar-refractivity contribution is -0.384. The molecule has 126 valence electrons. The van der Waals surface area contributed by atoms with Crippen molar-refractivity contribution in [1.29, 1.82) is 0 Å². The molecule has 1 aromatic heterocycles. The molecule has 0 bridgehead atoms. The van der Waals surface area contributed by atoms with E-state index in [1.165, 1.54) is 0 Å². The summed E-state index contributed by atoms with van der Waals surface area (Å²) < 4.78 is 5.39. The molecule has 0 aliphatic carbocycles. The second-order valence-corrected chi connectivity index (χ2v) is 5.02. The van der Waals surface area contributed by atoms with Crippen LogP contribution >= 0.6 is 0 Å². The average Bonchev–Trinajstić information content (AvgIpc) is 3.04. The Balaban J connectivity index is 1.83. The Labute approximate surface area is 137 Å². The Hall–Kier alpha value is -3.36. The van der Waals surface area contributed by atoms with Crippen molar-refractivity contribution in [2.45, 2.75) is 13.8 Å². The van der Waals surface area contributed by atoms with Crippen LogP contribution in [0.25, 0.3) is 0 Å².